The molecule has 5 heteroatoms. The lowest BCUT2D eigenvalue weighted by atomic mass is 10.2. The van der Waals surface area contributed by atoms with Gasteiger partial charge in [-0.3, -0.25) is 9.00 Å². The second kappa shape index (κ2) is 7.43. The van der Waals surface area contributed by atoms with Gasteiger partial charge in [0, 0.05) is 27.9 Å². The van der Waals surface area contributed by atoms with Crippen molar-refractivity contribution in [2.45, 2.75) is 39.4 Å². The van der Waals surface area contributed by atoms with Crippen LogP contribution in [0.25, 0.3) is 0 Å². The number of carbonyl (C=O) groups excluding carboxylic acids is 1. The lowest BCUT2D eigenvalue weighted by Crippen LogP contribution is -2.30. The first kappa shape index (κ1) is 16.7. The largest absolute Gasteiger partial charge is 0.399 e. The summed E-state index contributed by atoms with van der Waals surface area (Å²) in [6.45, 7) is 7.76. The Bertz CT molecular complexity index is 501. The van der Waals surface area contributed by atoms with Crippen molar-refractivity contribution in [1.82, 2.24) is 0 Å². The van der Waals surface area contributed by atoms with Crippen LogP contribution in [-0.4, -0.2) is 21.1 Å². The van der Waals surface area contributed by atoms with Crippen LogP contribution in [0.5, 0.6) is 0 Å². The topological polar surface area (TPSA) is 72.2 Å². The number of amides is 1. The molecule has 2 unspecified atom stereocenters. The monoisotopic (exact) mass is 296 g/mol. The van der Waals surface area contributed by atoms with E-state index in [2.05, 4.69) is 19.2 Å². The van der Waals surface area contributed by atoms with Gasteiger partial charge in [-0.15, -0.1) is 0 Å². The summed E-state index contributed by atoms with van der Waals surface area (Å²) in [7, 11) is -1.14. The maximum Gasteiger partial charge on any atom is 0.239 e. The van der Waals surface area contributed by atoms with E-state index in [9.17, 15) is 9.00 Å². The highest BCUT2D eigenvalue weighted by Crippen LogP contribution is 2.19. The van der Waals surface area contributed by atoms with Gasteiger partial charge in [-0.2, -0.15) is 0 Å². The average Bonchev–Trinajstić information content (AvgIpc) is 2.39. The maximum atomic E-state index is 12.1. The normalized spacial score (nSPS) is 14.1. The predicted octanol–water partition coefficient (Wildman–Crippen LogP) is 2.70. The zero-order chi connectivity index (χ0) is 15.3. The molecule has 0 bridgehead atoms. The number of hydrogen-bond acceptors (Lipinski definition) is 3. The van der Waals surface area contributed by atoms with E-state index in [0.29, 0.717) is 23.0 Å². The van der Waals surface area contributed by atoms with Crippen LogP contribution in [0.15, 0.2) is 18.2 Å². The van der Waals surface area contributed by atoms with Gasteiger partial charge in [0.2, 0.25) is 5.91 Å². The first-order chi connectivity index (χ1) is 9.31. The smallest absolute Gasteiger partial charge is 0.239 e. The molecule has 1 amide bonds. The van der Waals surface area contributed by atoms with E-state index in [0.717, 1.165) is 12.0 Å². The molecule has 0 saturated carbocycles. The summed E-state index contributed by atoms with van der Waals surface area (Å²) in [6.07, 6.45) is 0.863. The van der Waals surface area contributed by atoms with Crippen molar-refractivity contribution in [2.24, 2.45) is 5.92 Å². The molecule has 0 aromatic heterocycles. The fourth-order valence-electron chi connectivity index (χ4n) is 1.66. The molecule has 0 spiro atoms. The summed E-state index contributed by atoms with van der Waals surface area (Å²) in [5, 5.41) is 2.29. The van der Waals surface area contributed by atoms with Crippen molar-refractivity contribution in [1.29, 1.82) is 0 Å². The number of aryl methyl sites for hydroxylation is 1. The third kappa shape index (κ3) is 4.96. The highest BCUT2D eigenvalue weighted by atomic mass is 32.2. The number of nitrogens with one attached hydrogen (secondary N) is 1. The van der Waals surface area contributed by atoms with E-state index >= 15 is 0 Å². The fraction of sp³-hybridized carbons (Fsp3) is 0.533. The Labute approximate surface area is 123 Å². The van der Waals surface area contributed by atoms with Crippen LogP contribution in [0.3, 0.4) is 0 Å². The molecule has 3 N–H and O–H groups in total. The van der Waals surface area contributed by atoms with Crippen molar-refractivity contribution in [3.8, 4) is 0 Å². The lowest BCUT2D eigenvalue weighted by molar-refractivity contribution is -0.115. The van der Waals surface area contributed by atoms with Gasteiger partial charge < -0.3 is 11.1 Å². The molecule has 1 aromatic carbocycles. The molecular formula is C15H24N2O2S. The predicted molar refractivity (Wildman–Crippen MR) is 86.1 cm³/mol. The van der Waals surface area contributed by atoms with Crippen LogP contribution >= 0.6 is 0 Å². The second-order valence-electron chi connectivity index (χ2n) is 5.47. The van der Waals surface area contributed by atoms with Gasteiger partial charge in [0.15, 0.2) is 0 Å². The van der Waals surface area contributed by atoms with Gasteiger partial charge in [-0.25, -0.2) is 0 Å². The van der Waals surface area contributed by atoms with Gasteiger partial charge in [0.1, 0.15) is 5.25 Å². The molecule has 112 valence electrons. The van der Waals surface area contributed by atoms with Crippen molar-refractivity contribution in [3.05, 3.63) is 23.8 Å². The number of benzene rings is 1. The Balaban J connectivity index is 2.65. The SMILES string of the molecule is Cc1ccc(N)cc1NC(=O)C(C)S(=O)CCC(C)C. The average molecular weight is 296 g/mol. The standard InChI is InChI=1S/C15H24N2O2S/c1-10(2)7-8-20(19)12(4)15(18)17-14-9-13(16)6-5-11(14)3/h5-6,9-10,12H,7-8,16H2,1-4H3,(H,17,18). The number of anilines is 2. The Morgan fingerprint density at radius 3 is 2.60 bits per heavy atom. The van der Waals surface area contributed by atoms with Crippen LogP contribution in [0.4, 0.5) is 11.4 Å². The Morgan fingerprint density at radius 2 is 2.00 bits per heavy atom. The van der Waals surface area contributed by atoms with Gasteiger partial charge in [-0.1, -0.05) is 19.9 Å². The summed E-state index contributed by atoms with van der Waals surface area (Å²) in [5.74, 6) is 0.827. The molecule has 0 aliphatic heterocycles. The van der Waals surface area contributed by atoms with Crippen LogP contribution < -0.4 is 11.1 Å². The molecule has 0 saturated heterocycles. The number of carbonyl (C=O) groups is 1. The highest BCUT2D eigenvalue weighted by Gasteiger charge is 2.20. The summed E-state index contributed by atoms with van der Waals surface area (Å²) in [5.41, 5.74) is 7.93. The second-order valence-corrected chi connectivity index (χ2v) is 7.35. The Kier molecular flexibility index (Phi) is 6.20. The van der Waals surface area contributed by atoms with Crippen molar-refractivity contribution in [2.75, 3.05) is 16.8 Å². The molecule has 0 radical (unpaired) electrons. The number of hydrogen-bond donors (Lipinski definition) is 2. The zero-order valence-electron chi connectivity index (χ0n) is 12.6. The number of rotatable bonds is 6. The molecule has 2 atom stereocenters. The molecule has 0 aliphatic carbocycles. The minimum absolute atomic E-state index is 0.221. The first-order valence-electron chi connectivity index (χ1n) is 6.85. The Morgan fingerprint density at radius 1 is 1.35 bits per heavy atom. The van der Waals surface area contributed by atoms with Gasteiger partial charge in [-0.05, 0) is 43.9 Å². The molecule has 0 heterocycles. The minimum Gasteiger partial charge on any atom is -0.399 e. The van der Waals surface area contributed by atoms with Gasteiger partial charge in [0.05, 0.1) is 0 Å². The van der Waals surface area contributed by atoms with E-state index in [1.54, 1.807) is 19.1 Å². The van der Waals surface area contributed by atoms with Crippen LogP contribution in [0, 0.1) is 12.8 Å². The maximum absolute atomic E-state index is 12.1. The van der Waals surface area contributed by atoms with E-state index in [1.807, 2.05) is 13.0 Å². The summed E-state index contributed by atoms with van der Waals surface area (Å²) in [4.78, 5) is 12.1. The lowest BCUT2D eigenvalue weighted by Gasteiger charge is -2.14. The van der Waals surface area contributed by atoms with E-state index < -0.39 is 16.0 Å². The number of nitrogen functional groups attached to an aromatic ring is 1. The third-order valence-corrected chi connectivity index (χ3v) is 4.82. The molecule has 0 aliphatic rings. The van der Waals surface area contributed by atoms with Crippen LogP contribution in [0.2, 0.25) is 0 Å². The Hall–Kier alpha value is -1.36. The zero-order valence-corrected chi connectivity index (χ0v) is 13.4. The first-order valence-corrected chi connectivity index (χ1v) is 8.23. The molecule has 4 nitrogen and oxygen atoms in total. The van der Waals surface area contributed by atoms with Crippen LogP contribution in [-0.2, 0) is 15.6 Å². The van der Waals surface area contributed by atoms with Crippen LogP contribution in [0.1, 0.15) is 32.8 Å². The van der Waals surface area contributed by atoms with Crippen molar-refractivity contribution >= 4 is 28.1 Å². The highest BCUT2D eigenvalue weighted by molar-refractivity contribution is 7.86. The van der Waals surface area contributed by atoms with E-state index in [-0.39, 0.29) is 5.91 Å². The third-order valence-electron chi connectivity index (χ3n) is 3.18. The summed E-state index contributed by atoms with van der Waals surface area (Å²) < 4.78 is 12.1. The summed E-state index contributed by atoms with van der Waals surface area (Å²) >= 11 is 0. The molecule has 0 fully saturated rings. The molecule has 1 aromatic rings. The van der Waals surface area contributed by atoms with Gasteiger partial charge >= 0.3 is 0 Å². The van der Waals surface area contributed by atoms with E-state index in [4.69, 9.17) is 5.73 Å². The quantitative estimate of drug-likeness (QED) is 0.793. The molecule has 1 rings (SSSR count). The molecule has 20 heavy (non-hydrogen) atoms. The summed E-state index contributed by atoms with van der Waals surface area (Å²) in [6, 6.07) is 5.36. The fourth-order valence-corrected chi connectivity index (χ4v) is 3.01. The van der Waals surface area contributed by atoms with Crippen molar-refractivity contribution < 1.29 is 9.00 Å². The molecular weight excluding hydrogens is 272 g/mol. The van der Waals surface area contributed by atoms with Gasteiger partial charge in [0.25, 0.3) is 0 Å². The van der Waals surface area contributed by atoms with Crippen molar-refractivity contribution in [3.63, 3.8) is 0 Å². The number of nitrogens with two attached hydrogens (primary N) is 1. The van der Waals surface area contributed by atoms with E-state index in [1.165, 1.54) is 0 Å². The minimum atomic E-state index is -1.14.